The van der Waals surface area contributed by atoms with Crippen molar-refractivity contribution in [2.24, 2.45) is 11.8 Å². The molecular formula is C11H18NO+. The van der Waals surface area contributed by atoms with Gasteiger partial charge in [-0.2, -0.15) is 0 Å². The molecule has 1 saturated carbocycles. The van der Waals surface area contributed by atoms with E-state index < -0.39 is 0 Å². The Bertz CT molecular complexity index is 223. The van der Waals surface area contributed by atoms with Crippen molar-refractivity contribution in [1.29, 1.82) is 0 Å². The Morgan fingerprint density at radius 3 is 1.92 bits per heavy atom. The first-order valence-corrected chi connectivity index (χ1v) is 5.71. The summed E-state index contributed by atoms with van der Waals surface area (Å²) in [6.07, 6.45) is 6.32. The van der Waals surface area contributed by atoms with Crippen LogP contribution in [0.2, 0.25) is 0 Å². The van der Waals surface area contributed by atoms with Crippen LogP contribution in [0.4, 0.5) is 0 Å². The first kappa shape index (κ1) is 7.98. The van der Waals surface area contributed by atoms with Gasteiger partial charge in [0.25, 0.3) is 0 Å². The van der Waals surface area contributed by atoms with Crippen molar-refractivity contribution in [3.8, 4) is 0 Å². The van der Waals surface area contributed by atoms with Crippen LogP contribution >= 0.6 is 0 Å². The van der Waals surface area contributed by atoms with E-state index in [4.69, 9.17) is 0 Å². The van der Waals surface area contributed by atoms with Gasteiger partial charge in [0.05, 0.1) is 25.6 Å². The van der Waals surface area contributed by atoms with Crippen LogP contribution in [0.5, 0.6) is 0 Å². The minimum atomic E-state index is 0.467. The highest BCUT2D eigenvalue weighted by molar-refractivity contribution is 5.74. The van der Waals surface area contributed by atoms with E-state index in [2.05, 4.69) is 0 Å². The molecule has 13 heavy (non-hydrogen) atoms. The van der Waals surface area contributed by atoms with Crippen LogP contribution in [-0.4, -0.2) is 30.0 Å². The van der Waals surface area contributed by atoms with E-state index >= 15 is 0 Å². The van der Waals surface area contributed by atoms with Gasteiger partial charge in [0.2, 0.25) is 0 Å². The molecule has 4 aliphatic rings. The van der Waals surface area contributed by atoms with Crippen molar-refractivity contribution in [3.05, 3.63) is 0 Å². The molecule has 72 valence electrons. The zero-order chi connectivity index (χ0) is 8.89. The summed E-state index contributed by atoms with van der Waals surface area (Å²) in [4.78, 5) is 12.1. The predicted molar refractivity (Wildman–Crippen MR) is 49.9 cm³/mol. The second-order valence-corrected chi connectivity index (χ2v) is 5.16. The highest BCUT2D eigenvalue weighted by atomic mass is 16.2. The maximum atomic E-state index is 12.1. The summed E-state index contributed by atoms with van der Waals surface area (Å²) in [5.41, 5.74) is 0. The first-order valence-electron chi connectivity index (χ1n) is 5.71. The number of carbonyl (C=O) groups excluding carboxylic acids is 1. The molecule has 0 aromatic rings. The lowest BCUT2D eigenvalue weighted by Crippen LogP contribution is -2.61. The molecule has 3 heterocycles. The normalized spacial score (nSPS) is 43.5. The molecule has 0 N–H and O–H groups in total. The number of carbonyl (C=O) groups is 1. The van der Waals surface area contributed by atoms with Crippen molar-refractivity contribution in [3.63, 3.8) is 0 Å². The lowest BCUT2D eigenvalue weighted by Gasteiger charge is -2.47. The quantitative estimate of drug-likeness (QED) is 0.560. The van der Waals surface area contributed by atoms with E-state index in [1.165, 1.54) is 51.7 Å². The fourth-order valence-electron chi connectivity index (χ4n) is 3.11. The molecule has 4 rings (SSSR count). The van der Waals surface area contributed by atoms with E-state index in [1.54, 1.807) is 0 Å². The summed E-state index contributed by atoms with van der Waals surface area (Å²) in [5, 5.41) is 0. The SMILES string of the molecule is O=C(C1CC1)[N+]12CCC(CC1)CC2. The number of hydrogen-bond donors (Lipinski definition) is 0. The Kier molecular flexibility index (Phi) is 1.58. The van der Waals surface area contributed by atoms with Gasteiger partial charge in [0, 0.05) is 19.3 Å². The lowest BCUT2D eigenvalue weighted by atomic mass is 9.85. The van der Waals surface area contributed by atoms with Crippen molar-refractivity contribution in [2.45, 2.75) is 32.1 Å². The average molecular weight is 180 g/mol. The van der Waals surface area contributed by atoms with Crippen LogP contribution < -0.4 is 0 Å². The van der Waals surface area contributed by atoms with Crippen molar-refractivity contribution in [1.82, 2.24) is 0 Å². The minimum absolute atomic E-state index is 0.467. The van der Waals surface area contributed by atoms with Crippen molar-refractivity contribution < 1.29 is 9.28 Å². The molecule has 0 spiro atoms. The Hall–Kier alpha value is -0.370. The molecule has 0 aromatic heterocycles. The third-order valence-electron chi connectivity index (χ3n) is 4.29. The van der Waals surface area contributed by atoms with Gasteiger partial charge in [0.1, 0.15) is 0 Å². The standard InChI is InChI=1S/C11H18NO/c13-11(10-1-2-10)12-6-3-9(4-7-12)5-8-12/h9-10H,1-8H2/q+1. The van der Waals surface area contributed by atoms with Crippen LogP contribution in [0.1, 0.15) is 32.1 Å². The fourth-order valence-corrected chi connectivity index (χ4v) is 3.11. The van der Waals surface area contributed by atoms with Gasteiger partial charge in [-0.25, -0.2) is 4.79 Å². The van der Waals surface area contributed by atoms with Gasteiger partial charge in [-0.3, -0.25) is 4.48 Å². The van der Waals surface area contributed by atoms with Gasteiger partial charge < -0.3 is 0 Å². The van der Waals surface area contributed by atoms with Crippen LogP contribution in [-0.2, 0) is 4.79 Å². The Morgan fingerprint density at radius 1 is 0.923 bits per heavy atom. The third-order valence-corrected chi connectivity index (χ3v) is 4.29. The van der Waals surface area contributed by atoms with Crippen molar-refractivity contribution in [2.75, 3.05) is 19.6 Å². The minimum Gasteiger partial charge on any atom is -0.260 e. The van der Waals surface area contributed by atoms with Crippen LogP contribution in [0.25, 0.3) is 0 Å². The fraction of sp³-hybridized carbons (Fsp3) is 0.909. The van der Waals surface area contributed by atoms with E-state index in [1.807, 2.05) is 0 Å². The summed E-state index contributed by atoms with van der Waals surface area (Å²) in [5.74, 6) is 2.03. The number of nitrogens with zero attached hydrogens (tertiary/aromatic N) is 1. The zero-order valence-corrected chi connectivity index (χ0v) is 8.17. The van der Waals surface area contributed by atoms with E-state index in [0.29, 0.717) is 11.8 Å². The maximum Gasteiger partial charge on any atom is 0.316 e. The van der Waals surface area contributed by atoms with Gasteiger partial charge in [0.15, 0.2) is 0 Å². The average Bonchev–Trinajstić information content (AvgIpc) is 3.03. The molecular weight excluding hydrogens is 162 g/mol. The molecule has 4 fully saturated rings. The van der Waals surface area contributed by atoms with Gasteiger partial charge in [-0.05, 0) is 18.8 Å². The maximum absolute atomic E-state index is 12.1. The number of piperidine rings is 3. The van der Waals surface area contributed by atoms with Gasteiger partial charge in [-0.1, -0.05) is 0 Å². The topological polar surface area (TPSA) is 17.1 Å². The molecule has 3 aliphatic heterocycles. The molecule has 0 aromatic carbocycles. The third kappa shape index (κ3) is 1.15. The van der Waals surface area contributed by atoms with E-state index in [9.17, 15) is 4.79 Å². The number of quaternary nitrogens is 1. The summed E-state index contributed by atoms with van der Waals surface area (Å²) >= 11 is 0. The second kappa shape index (κ2) is 2.57. The lowest BCUT2D eigenvalue weighted by molar-refractivity contribution is -0.872. The van der Waals surface area contributed by atoms with Gasteiger partial charge >= 0.3 is 5.91 Å². The summed E-state index contributed by atoms with van der Waals surface area (Å²) in [7, 11) is 0. The Labute approximate surface area is 79.5 Å². The van der Waals surface area contributed by atoms with Crippen LogP contribution in [0, 0.1) is 11.8 Å². The molecule has 2 nitrogen and oxygen atoms in total. The molecule has 1 amide bonds. The highest BCUT2D eigenvalue weighted by Gasteiger charge is 2.50. The summed E-state index contributed by atoms with van der Waals surface area (Å²) < 4.78 is 0.876. The van der Waals surface area contributed by atoms with Crippen LogP contribution in [0.3, 0.4) is 0 Å². The predicted octanol–water partition coefficient (Wildman–Crippen LogP) is 1.55. The zero-order valence-electron chi connectivity index (χ0n) is 8.17. The number of fused-ring (bicyclic) bond motifs is 3. The molecule has 0 radical (unpaired) electrons. The molecule has 3 saturated heterocycles. The van der Waals surface area contributed by atoms with Crippen molar-refractivity contribution >= 4 is 5.91 Å². The van der Waals surface area contributed by atoms with E-state index in [0.717, 1.165) is 10.4 Å². The summed E-state index contributed by atoms with van der Waals surface area (Å²) in [6, 6.07) is 0. The molecule has 2 bridgehead atoms. The Balaban J connectivity index is 1.81. The molecule has 0 unspecified atom stereocenters. The number of amides is 1. The van der Waals surface area contributed by atoms with Crippen LogP contribution in [0.15, 0.2) is 0 Å². The molecule has 0 atom stereocenters. The largest absolute Gasteiger partial charge is 0.316 e. The second-order valence-electron chi connectivity index (χ2n) is 5.16. The first-order chi connectivity index (χ1) is 6.30. The smallest absolute Gasteiger partial charge is 0.260 e. The molecule has 1 aliphatic carbocycles. The monoisotopic (exact) mass is 180 g/mol. The highest BCUT2D eigenvalue weighted by Crippen LogP contribution is 2.40. The summed E-state index contributed by atoms with van der Waals surface area (Å²) in [6.45, 7) is 3.50. The number of hydrogen-bond acceptors (Lipinski definition) is 1. The Morgan fingerprint density at radius 2 is 1.46 bits per heavy atom. The van der Waals surface area contributed by atoms with E-state index in [-0.39, 0.29) is 0 Å². The van der Waals surface area contributed by atoms with Gasteiger partial charge in [-0.15, -0.1) is 0 Å². The number of rotatable bonds is 1. The molecule has 2 heteroatoms.